The number of hydrogen-bond acceptors (Lipinski definition) is 6. The Morgan fingerprint density at radius 2 is 1.83 bits per heavy atom. The smallest absolute Gasteiger partial charge is 0.328 e. The lowest BCUT2D eigenvalue weighted by atomic mass is 9.83. The van der Waals surface area contributed by atoms with Crippen LogP contribution in [-0.2, 0) is 20.2 Å². The summed E-state index contributed by atoms with van der Waals surface area (Å²) in [4.78, 5) is 27.2. The van der Waals surface area contributed by atoms with Gasteiger partial charge in [0.05, 0.1) is 19.6 Å². The summed E-state index contributed by atoms with van der Waals surface area (Å²) in [6.07, 6.45) is 1.82. The van der Waals surface area contributed by atoms with Crippen molar-refractivity contribution >= 4 is 33.9 Å². The maximum Gasteiger partial charge on any atom is 0.328 e. The molecule has 2 aromatic carbocycles. The Morgan fingerprint density at radius 1 is 1.14 bits per heavy atom. The first kappa shape index (κ1) is 26.1. The van der Waals surface area contributed by atoms with Gasteiger partial charge in [-0.05, 0) is 23.6 Å². The number of sulfonamides is 1. The van der Waals surface area contributed by atoms with Crippen molar-refractivity contribution in [3.8, 4) is 16.9 Å². The van der Waals surface area contributed by atoms with Gasteiger partial charge in [-0.1, -0.05) is 26.8 Å². The van der Waals surface area contributed by atoms with Gasteiger partial charge in [-0.2, -0.15) is 5.10 Å². The van der Waals surface area contributed by atoms with Gasteiger partial charge < -0.3 is 4.74 Å². The Morgan fingerprint density at radius 3 is 2.40 bits per heavy atom. The molecule has 0 bridgehead atoms. The van der Waals surface area contributed by atoms with Gasteiger partial charge in [0, 0.05) is 40.9 Å². The molecule has 0 atom stereocenters. The summed E-state index contributed by atoms with van der Waals surface area (Å²) < 4.78 is 58.1. The largest absolute Gasteiger partial charge is 0.496 e. The molecule has 35 heavy (non-hydrogen) atoms. The zero-order valence-electron chi connectivity index (χ0n) is 19.9. The summed E-state index contributed by atoms with van der Waals surface area (Å²) in [6.45, 7) is 5.84. The first-order valence-corrected chi connectivity index (χ1v) is 12.4. The van der Waals surface area contributed by atoms with Gasteiger partial charge >= 0.3 is 6.03 Å². The van der Waals surface area contributed by atoms with Crippen molar-refractivity contribution in [3.05, 3.63) is 47.0 Å². The molecule has 0 aromatic heterocycles. The third-order valence-corrected chi connectivity index (χ3v) is 5.71. The van der Waals surface area contributed by atoms with Crippen LogP contribution in [0.15, 0.2) is 29.4 Å². The molecule has 3 amide bonds. The zero-order chi connectivity index (χ0) is 26.1. The van der Waals surface area contributed by atoms with Crippen LogP contribution in [0.5, 0.6) is 5.75 Å². The van der Waals surface area contributed by atoms with E-state index < -0.39 is 39.0 Å². The van der Waals surface area contributed by atoms with Crippen molar-refractivity contribution < 1.29 is 31.5 Å². The normalized spacial score (nSPS) is 14.9. The molecule has 1 fully saturated rings. The zero-order valence-corrected chi connectivity index (χ0v) is 20.7. The van der Waals surface area contributed by atoms with Gasteiger partial charge in [-0.3, -0.25) is 15.0 Å². The summed E-state index contributed by atoms with van der Waals surface area (Å²) in [5, 5.41) is 5.67. The van der Waals surface area contributed by atoms with Crippen molar-refractivity contribution in [2.45, 2.75) is 32.6 Å². The molecule has 1 heterocycles. The number of carbonyl (C=O) groups is 2. The van der Waals surface area contributed by atoms with Crippen molar-refractivity contribution in [2.24, 2.45) is 5.10 Å². The Balaban J connectivity index is 2.19. The number of benzene rings is 2. The van der Waals surface area contributed by atoms with Crippen LogP contribution in [0.4, 0.5) is 19.3 Å². The van der Waals surface area contributed by atoms with Crippen LogP contribution in [-0.4, -0.2) is 46.5 Å². The van der Waals surface area contributed by atoms with E-state index >= 15 is 4.39 Å². The van der Waals surface area contributed by atoms with Crippen molar-refractivity contribution in [2.75, 3.05) is 24.8 Å². The number of nitrogens with zero attached hydrogens (tertiary/aromatic N) is 2. The molecule has 3 rings (SSSR count). The van der Waals surface area contributed by atoms with E-state index in [1.54, 1.807) is 6.07 Å². The number of rotatable bonds is 6. The second kappa shape index (κ2) is 9.61. The van der Waals surface area contributed by atoms with Crippen LogP contribution in [0.3, 0.4) is 0 Å². The highest BCUT2D eigenvalue weighted by Gasteiger charge is 2.30. The summed E-state index contributed by atoms with van der Waals surface area (Å²) in [5.74, 6) is -2.55. The molecule has 1 aliphatic rings. The Labute approximate surface area is 202 Å². The number of halogens is 2. The maximum absolute atomic E-state index is 15.3. The van der Waals surface area contributed by atoms with Crippen LogP contribution in [0.2, 0.25) is 0 Å². The number of anilines is 1. The number of methoxy groups -OCH3 is 1. The topological polar surface area (TPSA) is 117 Å². The van der Waals surface area contributed by atoms with Crippen LogP contribution < -0.4 is 19.8 Å². The van der Waals surface area contributed by atoms with Crippen molar-refractivity contribution in [3.63, 3.8) is 0 Å². The lowest BCUT2D eigenvalue weighted by Crippen LogP contribution is -2.49. The van der Waals surface area contributed by atoms with E-state index in [1.165, 1.54) is 30.2 Å². The number of imide groups is 1. The monoisotopic (exact) mass is 508 g/mol. The number of hydrazone groups is 1. The van der Waals surface area contributed by atoms with Crippen LogP contribution >= 0.6 is 0 Å². The van der Waals surface area contributed by atoms with Gasteiger partial charge in [0.2, 0.25) is 15.9 Å². The average molecular weight is 509 g/mol. The van der Waals surface area contributed by atoms with E-state index in [1.807, 2.05) is 25.6 Å². The molecule has 0 aliphatic carbocycles. The minimum Gasteiger partial charge on any atom is -0.496 e. The number of ether oxygens (including phenoxy) is 1. The second-order valence-corrected chi connectivity index (χ2v) is 10.8. The summed E-state index contributed by atoms with van der Waals surface area (Å²) in [5.41, 5.74) is 0.320. The van der Waals surface area contributed by atoms with Gasteiger partial charge in [-0.25, -0.2) is 26.8 Å². The molecule has 188 valence electrons. The van der Waals surface area contributed by atoms with E-state index in [-0.39, 0.29) is 29.7 Å². The summed E-state index contributed by atoms with van der Waals surface area (Å²) in [6, 6.07) is 5.17. The summed E-state index contributed by atoms with van der Waals surface area (Å²) in [7, 11) is -2.25. The maximum atomic E-state index is 15.3. The SMILES string of the molecule is COc1c(-c2ccc(C=NNS(C)(=O)=O)c(F)c2F)cc(N2CCC(=O)NC2=O)cc1C(C)(C)C. The molecule has 9 nitrogen and oxygen atoms in total. The predicted molar refractivity (Wildman–Crippen MR) is 128 cm³/mol. The molecular weight excluding hydrogens is 482 g/mol. The molecule has 12 heteroatoms. The standard InChI is InChI=1S/C23H26F2N4O5S/c1-23(2,3)17-11-14(29-9-8-18(30)27-22(29)31)10-16(21(17)34-4)15-7-6-13(19(24)20(15)25)12-26-28-35(5,32)33/h6-7,10-12,28H,8-9H2,1-5H3,(H,27,30,31). The molecule has 0 radical (unpaired) electrons. The van der Waals surface area contributed by atoms with Crippen LogP contribution in [0.25, 0.3) is 11.1 Å². The molecular formula is C23H26F2N4O5S. The number of nitrogens with one attached hydrogen (secondary N) is 2. The van der Waals surface area contributed by atoms with E-state index in [9.17, 15) is 22.4 Å². The number of hydrogen-bond donors (Lipinski definition) is 2. The van der Waals surface area contributed by atoms with E-state index in [4.69, 9.17) is 4.74 Å². The van der Waals surface area contributed by atoms with Crippen LogP contribution in [0.1, 0.15) is 38.3 Å². The van der Waals surface area contributed by atoms with Gasteiger partial charge in [0.15, 0.2) is 11.6 Å². The molecule has 1 saturated heterocycles. The minimum atomic E-state index is -3.66. The molecule has 2 N–H and O–H groups in total. The fraction of sp³-hybridized carbons (Fsp3) is 0.348. The number of amides is 3. The first-order chi connectivity index (χ1) is 16.2. The first-order valence-electron chi connectivity index (χ1n) is 10.5. The predicted octanol–water partition coefficient (Wildman–Crippen LogP) is 3.27. The Hall–Kier alpha value is -3.54. The Kier molecular flexibility index (Phi) is 7.16. The minimum absolute atomic E-state index is 0.0937. The third-order valence-electron chi connectivity index (χ3n) is 5.28. The fourth-order valence-corrected chi connectivity index (χ4v) is 3.86. The summed E-state index contributed by atoms with van der Waals surface area (Å²) >= 11 is 0. The van der Waals surface area contributed by atoms with E-state index in [0.717, 1.165) is 12.5 Å². The Bertz CT molecular complexity index is 1320. The average Bonchev–Trinajstić information content (AvgIpc) is 2.74. The number of urea groups is 1. The van der Waals surface area contributed by atoms with Crippen LogP contribution in [0, 0.1) is 11.6 Å². The van der Waals surface area contributed by atoms with E-state index in [0.29, 0.717) is 17.0 Å². The highest BCUT2D eigenvalue weighted by molar-refractivity contribution is 7.88. The van der Waals surface area contributed by atoms with E-state index in [2.05, 4.69) is 10.4 Å². The molecule has 0 unspecified atom stereocenters. The molecule has 1 aliphatic heterocycles. The lowest BCUT2D eigenvalue weighted by molar-refractivity contribution is -0.120. The highest BCUT2D eigenvalue weighted by Crippen LogP contribution is 2.43. The quantitative estimate of drug-likeness (QED) is 0.459. The van der Waals surface area contributed by atoms with Crippen molar-refractivity contribution in [1.82, 2.24) is 10.1 Å². The molecule has 0 spiro atoms. The fourth-order valence-electron chi connectivity index (χ4n) is 3.62. The highest BCUT2D eigenvalue weighted by atomic mass is 32.2. The number of carbonyl (C=O) groups excluding carboxylic acids is 2. The van der Waals surface area contributed by atoms with Gasteiger partial charge in [0.1, 0.15) is 5.75 Å². The van der Waals surface area contributed by atoms with Gasteiger partial charge in [-0.15, -0.1) is 0 Å². The molecule has 2 aromatic rings. The third kappa shape index (κ3) is 5.76. The second-order valence-electron chi connectivity index (χ2n) is 9.03. The lowest BCUT2D eigenvalue weighted by Gasteiger charge is -2.31. The molecule has 0 saturated carbocycles. The van der Waals surface area contributed by atoms with Crippen molar-refractivity contribution in [1.29, 1.82) is 0 Å². The van der Waals surface area contributed by atoms with Gasteiger partial charge in [0.25, 0.3) is 0 Å².